The molecule has 2 fully saturated rings. The van der Waals surface area contributed by atoms with E-state index in [-0.39, 0.29) is 0 Å². The maximum atomic E-state index is 5.08. The molecule has 1 aliphatic heterocycles. The number of nitrogens with one attached hydrogen (secondary N) is 1. The number of aromatic nitrogens is 2. The van der Waals surface area contributed by atoms with Gasteiger partial charge in [-0.1, -0.05) is 0 Å². The molecule has 2 aliphatic rings. The lowest BCUT2D eigenvalue weighted by Gasteiger charge is -2.17. The molecule has 5 heteroatoms. The second-order valence-corrected chi connectivity index (χ2v) is 5.70. The number of anilines is 1. The smallest absolute Gasteiger partial charge is 0.203 e. The molecule has 1 unspecified atom stereocenters. The molecule has 1 atom stereocenters. The first-order chi connectivity index (χ1) is 9.28. The zero-order valence-electron chi connectivity index (χ0n) is 11.9. The molecular weight excluding hydrogens is 240 g/mol. The standard InChI is InChI=1S/C14H24N4O/c1-11-9-18(14(16-11)15-6-8-19-2)13-5-7-17(10-13)12-3-4-12/h9,12-13H,3-8,10H2,1-2H3,(H,15,16). The van der Waals surface area contributed by atoms with Crippen molar-refractivity contribution in [3.63, 3.8) is 0 Å². The topological polar surface area (TPSA) is 42.3 Å². The predicted octanol–water partition coefficient (Wildman–Crippen LogP) is 1.66. The highest BCUT2D eigenvalue weighted by molar-refractivity contribution is 5.30. The van der Waals surface area contributed by atoms with Crippen LogP contribution in [-0.2, 0) is 4.74 Å². The van der Waals surface area contributed by atoms with E-state index in [1.165, 1.54) is 32.4 Å². The van der Waals surface area contributed by atoms with E-state index in [1.54, 1.807) is 7.11 Å². The fraction of sp³-hybridized carbons (Fsp3) is 0.786. The Morgan fingerprint density at radius 1 is 1.37 bits per heavy atom. The second-order valence-electron chi connectivity index (χ2n) is 5.70. The zero-order chi connectivity index (χ0) is 13.2. The molecule has 5 nitrogen and oxygen atoms in total. The lowest BCUT2D eigenvalue weighted by molar-refractivity contribution is 0.210. The Hall–Kier alpha value is -1.07. The molecule has 1 saturated carbocycles. The normalized spacial score (nSPS) is 24.0. The SMILES string of the molecule is COCCNc1nc(C)cn1C1CCN(C2CC2)C1. The van der Waals surface area contributed by atoms with Gasteiger partial charge in [0.2, 0.25) is 5.95 Å². The van der Waals surface area contributed by atoms with E-state index in [1.807, 2.05) is 0 Å². The lowest BCUT2D eigenvalue weighted by atomic mass is 10.2. The number of ether oxygens (including phenoxy) is 1. The highest BCUT2D eigenvalue weighted by atomic mass is 16.5. The van der Waals surface area contributed by atoms with E-state index in [9.17, 15) is 0 Å². The fourth-order valence-corrected chi connectivity index (χ4v) is 2.96. The van der Waals surface area contributed by atoms with Crippen molar-refractivity contribution >= 4 is 5.95 Å². The number of imidazole rings is 1. The zero-order valence-corrected chi connectivity index (χ0v) is 11.9. The lowest BCUT2D eigenvalue weighted by Crippen LogP contribution is -2.24. The quantitative estimate of drug-likeness (QED) is 0.794. The Labute approximate surface area is 114 Å². The van der Waals surface area contributed by atoms with Gasteiger partial charge in [-0.2, -0.15) is 0 Å². The average Bonchev–Trinajstić information content (AvgIpc) is 3.01. The summed E-state index contributed by atoms with van der Waals surface area (Å²) in [6.45, 7) is 6.01. The van der Waals surface area contributed by atoms with Crippen molar-refractivity contribution in [3.8, 4) is 0 Å². The first kappa shape index (κ1) is 12.9. The molecule has 0 amide bonds. The highest BCUT2D eigenvalue weighted by Gasteiger charge is 2.35. The van der Waals surface area contributed by atoms with Crippen molar-refractivity contribution in [2.45, 2.75) is 38.3 Å². The van der Waals surface area contributed by atoms with Gasteiger partial charge in [-0.15, -0.1) is 0 Å². The number of rotatable bonds is 6. The van der Waals surface area contributed by atoms with Crippen LogP contribution in [0.4, 0.5) is 5.95 Å². The summed E-state index contributed by atoms with van der Waals surface area (Å²) in [5.74, 6) is 0.997. The Morgan fingerprint density at radius 2 is 2.21 bits per heavy atom. The van der Waals surface area contributed by atoms with Crippen LogP contribution in [0, 0.1) is 6.92 Å². The molecule has 19 heavy (non-hydrogen) atoms. The fourth-order valence-electron chi connectivity index (χ4n) is 2.96. The molecule has 1 aromatic rings. The molecule has 1 aromatic heterocycles. The molecule has 0 radical (unpaired) electrons. The van der Waals surface area contributed by atoms with Crippen molar-refractivity contribution in [3.05, 3.63) is 11.9 Å². The van der Waals surface area contributed by atoms with Crippen molar-refractivity contribution < 1.29 is 4.74 Å². The summed E-state index contributed by atoms with van der Waals surface area (Å²) in [6, 6.07) is 1.45. The molecule has 3 rings (SSSR count). The van der Waals surface area contributed by atoms with E-state index >= 15 is 0 Å². The number of likely N-dealkylation sites (tertiary alicyclic amines) is 1. The molecule has 0 aromatic carbocycles. The van der Waals surface area contributed by atoms with Gasteiger partial charge in [-0.05, 0) is 26.2 Å². The Balaban J connectivity index is 1.65. The number of aryl methyl sites for hydroxylation is 1. The molecule has 1 N–H and O–H groups in total. The Kier molecular flexibility index (Phi) is 3.75. The Bertz CT molecular complexity index is 427. The van der Waals surface area contributed by atoms with Crippen LogP contribution in [0.5, 0.6) is 0 Å². The third-order valence-electron chi connectivity index (χ3n) is 4.09. The van der Waals surface area contributed by atoms with E-state index in [2.05, 4.69) is 32.9 Å². The second kappa shape index (κ2) is 5.51. The van der Waals surface area contributed by atoms with Gasteiger partial charge in [0.25, 0.3) is 0 Å². The number of nitrogens with zero attached hydrogens (tertiary/aromatic N) is 3. The molecule has 2 heterocycles. The third kappa shape index (κ3) is 2.92. The van der Waals surface area contributed by atoms with Crippen molar-refractivity contribution in [1.82, 2.24) is 14.5 Å². The number of hydrogen-bond acceptors (Lipinski definition) is 4. The third-order valence-corrected chi connectivity index (χ3v) is 4.09. The van der Waals surface area contributed by atoms with E-state index in [0.29, 0.717) is 12.6 Å². The van der Waals surface area contributed by atoms with Crippen LogP contribution in [0.1, 0.15) is 31.0 Å². The van der Waals surface area contributed by atoms with Crippen molar-refractivity contribution in [2.24, 2.45) is 0 Å². The summed E-state index contributed by atoms with van der Waals surface area (Å²) >= 11 is 0. The summed E-state index contributed by atoms with van der Waals surface area (Å²) in [6.07, 6.45) is 6.21. The van der Waals surface area contributed by atoms with Gasteiger partial charge < -0.3 is 14.6 Å². The molecule has 1 saturated heterocycles. The summed E-state index contributed by atoms with van der Waals surface area (Å²) in [4.78, 5) is 7.23. The van der Waals surface area contributed by atoms with Gasteiger partial charge >= 0.3 is 0 Å². The number of hydrogen-bond donors (Lipinski definition) is 1. The first-order valence-corrected chi connectivity index (χ1v) is 7.30. The summed E-state index contributed by atoms with van der Waals surface area (Å²) in [7, 11) is 1.73. The summed E-state index contributed by atoms with van der Waals surface area (Å²) in [5.41, 5.74) is 1.09. The summed E-state index contributed by atoms with van der Waals surface area (Å²) < 4.78 is 7.41. The van der Waals surface area contributed by atoms with Crippen LogP contribution in [0.3, 0.4) is 0 Å². The average molecular weight is 264 g/mol. The Morgan fingerprint density at radius 3 is 2.95 bits per heavy atom. The minimum atomic E-state index is 0.576. The van der Waals surface area contributed by atoms with Gasteiger partial charge in [-0.3, -0.25) is 4.90 Å². The van der Waals surface area contributed by atoms with Crippen LogP contribution >= 0.6 is 0 Å². The van der Waals surface area contributed by atoms with E-state index < -0.39 is 0 Å². The largest absolute Gasteiger partial charge is 0.383 e. The molecule has 0 spiro atoms. The van der Waals surface area contributed by atoms with E-state index in [4.69, 9.17) is 4.74 Å². The van der Waals surface area contributed by atoms with Crippen LogP contribution in [-0.4, -0.2) is 53.8 Å². The summed E-state index contributed by atoms with van der Waals surface area (Å²) in [5, 5.41) is 3.38. The van der Waals surface area contributed by atoms with Crippen molar-refractivity contribution in [2.75, 3.05) is 38.7 Å². The van der Waals surface area contributed by atoms with Crippen molar-refractivity contribution in [1.29, 1.82) is 0 Å². The van der Waals surface area contributed by atoms with Gasteiger partial charge in [-0.25, -0.2) is 4.98 Å². The van der Waals surface area contributed by atoms with Crippen LogP contribution in [0.15, 0.2) is 6.20 Å². The maximum absolute atomic E-state index is 5.08. The predicted molar refractivity (Wildman–Crippen MR) is 75.6 cm³/mol. The highest BCUT2D eigenvalue weighted by Crippen LogP contribution is 2.34. The monoisotopic (exact) mass is 264 g/mol. The van der Waals surface area contributed by atoms with Crippen LogP contribution in [0.2, 0.25) is 0 Å². The van der Waals surface area contributed by atoms with Gasteiger partial charge in [0, 0.05) is 39.0 Å². The van der Waals surface area contributed by atoms with Crippen LogP contribution < -0.4 is 5.32 Å². The van der Waals surface area contributed by atoms with Gasteiger partial charge in [0.05, 0.1) is 18.3 Å². The molecule has 1 aliphatic carbocycles. The van der Waals surface area contributed by atoms with Gasteiger partial charge in [0.1, 0.15) is 0 Å². The molecular formula is C14H24N4O. The maximum Gasteiger partial charge on any atom is 0.203 e. The minimum Gasteiger partial charge on any atom is -0.383 e. The van der Waals surface area contributed by atoms with E-state index in [0.717, 1.165) is 24.2 Å². The van der Waals surface area contributed by atoms with Gasteiger partial charge in [0.15, 0.2) is 0 Å². The molecule has 106 valence electrons. The molecule has 0 bridgehead atoms. The number of methoxy groups -OCH3 is 1. The van der Waals surface area contributed by atoms with Crippen LogP contribution in [0.25, 0.3) is 0 Å². The minimum absolute atomic E-state index is 0.576. The first-order valence-electron chi connectivity index (χ1n) is 7.30.